The fraction of sp³-hybridized carbons (Fsp3) is 0.364. The Kier molecular flexibility index (Phi) is 4.72. The minimum Gasteiger partial charge on any atom is -0.324 e. The van der Waals surface area contributed by atoms with E-state index < -0.39 is 10.9 Å². The smallest absolute Gasteiger partial charge is 0.248 e. The summed E-state index contributed by atoms with van der Waals surface area (Å²) in [5.74, 6) is 1.04. The predicted molar refractivity (Wildman–Crippen MR) is 110 cm³/mol. The molecule has 2 aromatic carbocycles. The Bertz CT molecular complexity index is 850. The Balaban J connectivity index is 1.56. The average Bonchev–Trinajstić information content (AvgIpc) is 3.22. The van der Waals surface area contributed by atoms with Crippen LogP contribution in [0.1, 0.15) is 43.7 Å². The Morgan fingerprint density at radius 1 is 1.15 bits per heavy atom. The Labute approximate surface area is 164 Å². The van der Waals surface area contributed by atoms with Gasteiger partial charge in [0.05, 0.1) is 0 Å². The first-order chi connectivity index (χ1) is 13.0. The van der Waals surface area contributed by atoms with Crippen LogP contribution >= 0.6 is 11.8 Å². The van der Waals surface area contributed by atoms with Crippen LogP contribution in [0.3, 0.4) is 0 Å². The normalized spacial score (nSPS) is 24.3. The Hall–Kier alpha value is -2.27. The molecule has 1 N–H and O–H groups in total. The zero-order valence-electron chi connectivity index (χ0n) is 15.6. The quantitative estimate of drug-likeness (QED) is 0.858. The van der Waals surface area contributed by atoms with Gasteiger partial charge in [-0.3, -0.25) is 9.59 Å². The molecule has 140 valence electrons. The highest BCUT2D eigenvalue weighted by molar-refractivity contribution is 8.00. The van der Waals surface area contributed by atoms with E-state index in [0.717, 1.165) is 17.7 Å². The molecule has 4 nitrogen and oxygen atoms in total. The summed E-state index contributed by atoms with van der Waals surface area (Å²) in [7, 11) is 0. The van der Waals surface area contributed by atoms with Crippen molar-refractivity contribution in [2.45, 2.75) is 43.5 Å². The summed E-state index contributed by atoms with van der Waals surface area (Å²) in [4.78, 5) is 27.1. The second kappa shape index (κ2) is 7.04. The lowest BCUT2D eigenvalue weighted by atomic mass is 10.0. The molecule has 2 saturated heterocycles. The van der Waals surface area contributed by atoms with Gasteiger partial charge in [0, 0.05) is 17.9 Å². The van der Waals surface area contributed by atoms with Crippen LogP contribution in [-0.4, -0.2) is 28.5 Å². The molecule has 0 saturated carbocycles. The highest BCUT2D eigenvalue weighted by atomic mass is 32.2. The van der Waals surface area contributed by atoms with Crippen LogP contribution in [-0.2, 0) is 14.5 Å². The maximum atomic E-state index is 13.0. The van der Waals surface area contributed by atoms with Crippen LogP contribution < -0.4 is 5.32 Å². The van der Waals surface area contributed by atoms with Gasteiger partial charge in [-0.05, 0) is 35.6 Å². The largest absolute Gasteiger partial charge is 0.324 e. The summed E-state index contributed by atoms with van der Waals surface area (Å²) in [6.45, 7) is 4.29. The third-order valence-corrected chi connectivity index (χ3v) is 7.10. The fourth-order valence-corrected chi connectivity index (χ4v) is 5.66. The summed E-state index contributed by atoms with van der Waals surface area (Å²) in [6.07, 6.45) is 1.25. The van der Waals surface area contributed by atoms with Crippen LogP contribution in [0.15, 0.2) is 54.6 Å². The number of rotatable bonds is 4. The minimum atomic E-state index is -0.435. The van der Waals surface area contributed by atoms with Crippen molar-refractivity contribution >= 4 is 29.3 Å². The van der Waals surface area contributed by atoms with Gasteiger partial charge in [-0.1, -0.05) is 56.3 Å². The van der Waals surface area contributed by atoms with Crippen molar-refractivity contribution in [3.63, 3.8) is 0 Å². The van der Waals surface area contributed by atoms with E-state index in [9.17, 15) is 9.59 Å². The molecule has 2 atom stereocenters. The van der Waals surface area contributed by atoms with Crippen LogP contribution in [0, 0.1) is 0 Å². The monoisotopic (exact) mass is 380 g/mol. The second-order valence-electron chi connectivity index (χ2n) is 7.51. The molecule has 0 unspecified atom stereocenters. The molecule has 4 rings (SSSR count). The third-order valence-electron chi connectivity index (χ3n) is 5.50. The van der Waals surface area contributed by atoms with Crippen molar-refractivity contribution in [1.82, 2.24) is 4.90 Å². The van der Waals surface area contributed by atoms with Crippen LogP contribution in [0.2, 0.25) is 0 Å². The second-order valence-corrected chi connectivity index (χ2v) is 8.80. The van der Waals surface area contributed by atoms with E-state index in [4.69, 9.17) is 0 Å². The minimum absolute atomic E-state index is 0.0687. The lowest BCUT2D eigenvalue weighted by molar-refractivity contribution is -0.136. The number of hydrogen-bond donors (Lipinski definition) is 1. The number of hydrogen-bond acceptors (Lipinski definition) is 3. The first kappa shape index (κ1) is 18.1. The molecule has 5 heteroatoms. The molecule has 0 aromatic heterocycles. The fourth-order valence-electron chi connectivity index (χ4n) is 4.01. The van der Waals surface area contributed by atoms with Crippen molar-refractivity contribution in [2.75, 3.05) is 11.1 Å². The number of carbonyl (C=O) groups excluding carboxylic acids is 2. The van der Waals surface area contributed by atoms with Gasteiger partial charge >= 0.3 is 0 Å². The zero-order valence-corrected chi connectivity index (χ0v) is 16.5. The molecule has 0 radical (unpaired) electrons. The molecule has 2 aliphatic heterocycles. The van der Waals surface area contributed by atoms with E-state index in [-0.39, 0.29) is 11.8 Å². The van der Waals surface area contributed by atoms with Crippen molar-refractivity contribution in [2.24, 2.45) is 0 Å². The van der Waals surface area contributed by atoms with Crippen LogP contribution in [0.5, 0.6) is 0 Å². The standard InChI is InChI=1S/C22H24N2O2S/c1-15(2)16-8-10-18(11-9-16)23-21(26)19-14-27-22(13-12-20(25)24(19)22)17-6-4-3-5-7-17/h3-11,15,19H,12-14H2,1-2H3,(H,23,26)/t19-,22-/m0/s1. The van der Waals surface area contributed by atoms with E-state index in [1.54, 1.807) is 11.8 Å². The molecule has 2 aliphatic rings. The molecular weight excluding hydrogens is 356 g/mol. The van der Waals surface area contributed by atoms with Gasteiger partial charge in [0.15, 0.2) is 0 Å². The molecule has 2 aromatic rings. The van der Waals surface area contributed by atoms with E-state index >= 15 is 0 Å². The van der Waals surface area contributed by atoms with Gasteiger partial charge in [0.2, 0.25) is 11.8 Å². The molecule has 27 heavy (non-hydrogen) atoms. The first-order valence-corrected chi connectivity index (χ1v) is 10.4. The molecule has 2 amide bonds. The molecular formula is C22H24N2O2S. The van der Waals surface area contributed by atoms with Gasteiger partial charge in [-0.2, -0.15) is 0 Å². The average molecular weight is 381 g/mol. The molecule has 2 fully saturated rings. The summed E-state index contributed by atoms with van der Waals surface area (Å²) < 4.78 is 0. The van der Waals surface area contributed by atoms with E-state index in [2.05, 4.69) is 31.3 Å². The van der Waals surface area contributed by atoms with Crippen LogP contribution in [0.4, 0.5) is 5.69 Å². The van der Waals surface area contributed by atoms with E-state index in [1.165, 1.54) is 5.56 Å². The molecule has 0 spiro atoms. The van der Waals surface area contributed by atoms with Crippen molar-refractivity contribution in [3.05, 3.63) is 65.7 Å². The van der Waals surface area contributed by atoms with E-state index in [0.29, 0.717) is 18.1 Å². The number of carbonyl (C=O) groups is 2. The molecule has 0 bridgehead atoms. The molecule has 0 aliphatic carbocycles. The van der Waals surface area contributed by atoms with Gasteiger partial charge in [-0.25, -0.2) is 0 Å². The Morgan fingerprint density at radius 3 is 2.52 bits per heavy atom. The molecule has 2 heterocycles. The summed E-state index contributed by atoms with van der Waals surface area (Å²) >= 11 is 1.71. The third kappa shape index (κ3) is 3.14. The van der Waals surface area contributed by atoms with Gasteiger partial charge in [-0.15, -0.1) is 11.8 Å². The van der Waals surface area contributed by atoms with Gasteiger partial charge in [0.1, 0.15) is 10.9 Å². The predicted octanol–water partition coefficient (Wildman–Crippen LogP) is 4.34. The lowest BCUT2D eigenvalue weighted by Crippen LogP contribution is -2.48. The van der Waals surface area contributed by atoms with Crippen LogP contribution in [0.25, 0.3) is 0 Å². The van der Waals surface area contributed by atoms with Crippen molar-refractivity contribution in [3.8, 4) is 0 Å². The highest BCUT2D eigenvalue weighted by Gasteiger charge is 2.56. The number of thioether (sulfide) groups is 1. The van der Waals surface area contributed by atoms with Gasteiger partial charge < -0.3 is 10.2 Å². The number of benzene rings is 2. The number of fused-ring (bicyclic) bond motifs is 1. The summed E-state index contributed by atoms with van der Waals surface area (Å²) in [5.41, 5.74) is 3.12. The van der Waals surface area contributed by atoms with Gasteiger partial charge in [0.25, 0.3) is 0 Å². The number of amides is 2. The topological polar surface area (TPSA) is 49.4 Å². The number of nitrogens with one attached hydrogen (secondary N) is 1. The number of anilines is 1. The zero-order chi connectivity index (χ0) is 19.0. The highest BCUT2D eigenvalue weighted by Crippen LogP contribution is 2.54. The van der Waals surface area contributed by atoms with E-state index in [1.807, 2.05) is 47.4 Å². The lowest BCUT2D eigenvalue weighted by Gasteiger charge is -2.34. The summed E-state index contributed by atoms with van der Waals surface area (Å²) in [6, 6.07) is 17.6. The Morgan fingerprint density at radius 2 is 1.85 bits per heavy atom. The van der Waals surface area contributed by atoms with Crippen molar-refractivity contribution in [1.29, 1.82) is 0 Å². The van der Waals surface area contributed by atoms with Crippen molar-refractivity contribution < 1.29 is 9.59 Å². The first-order valence-electron chi connectivity index (χ1n) is 9.44. The number of nitrogens with zero attached hydrogens (tertiary/aromatic N) is 1. The maximum absolute atomic E-state index is 13.0. The SMILES string of the molecule is CC(C)c1ccc(NC(=O)[C@@H]2CS[C@]3(c4ccccc4)CCC(=O)N23)cc1. The summed E-state index contributed by atoms with van der Waals surface area (Å²) in [5, 5.41) is 3.01. The maximum Gasteiger partial charge on any atom is 0.248 e.